The number of nitrogens with one attached hydrogen (secondary N) is 2. The average Bonchev–Trinajstić information content (AvgIpc) is 3.12. The standard InChI is InChI=1S/C21H26N4O4S/c1-6-13(3)25-20(27)19-15(9-12(2)22-19)24-21(25)30-11-18(26)23-14-7-8-16(28-4)17(10-14)29-5/h7-10,13,22H,6,11H2,1-5H3,(H,23,26). The van der Waals surface area contributed by atoms with Crippen molar-refractivity contribution in [3.8, 4) is 11.5 Å². The van der Waals surface area contributed by atoms with Crippen LogP contribution in [0.25, 0.3) is 11.0 Å². The molecule has 2 aromatic heterocycles. The third kappa shape index (κ3) is 4.46. The Balaban J connectivity index is 1.81. The third-order valence-electron chi connectivity index (χ3n) is 4.82. The van der Waals surface area contributed by atoms with Gasteiger partial charge in [-0.15, -0.1) is 0 Å². The first-order valence-electron chi connectivity index (χ1n) is 9.64. The van der Waals surface area contributed by atoms with Gasteiger partial charge in [0.05, 0.1) is 25.5 Å². The maximum Gasteiger partial charge on any atom is 0.278 e. The second-order valence-electron chi connectivity index (χ2n) is 6.95. The smallest absolute Gasteiger partial charge is 0.278 e. The van der Waals surface area contributed by atoms with Crippen LogP contribution in [0, 0.1) is 6.92 Å². The van der Waals surface area contributed by atoms with Crippen LogP contribution in [-0.2, 0) is 4.79 Å². The van der Waals surface area contributed by atoms with Crippen molar-refractivity contribution in [3.63, 3.8) is 0 Å². The normalized spacial score (nSPS) is 12.0. The number of anilines is 1. The zero-order valence-corrected chi connectivity index (χ0v) is 18.6. The monoisotopic (exact) mass is 430 g/mol. The number of carbonyl (C=O) groups excluding carboxylic acids is 1. The van der Waals surface area contributed by atoms with Gasteiger partial charge in [0.25, 0.3) is 5.56 Å². The van der Waals surface area contributed by atoms with Crippen molar-refractivity contribution in [1.29, 1.82) is 0 Å². The highest BCUT2D eigenvalue weighted by molar-refractivity contribution is 7.99. The predicted octanol–water partition coefficient (Wildman–Crippen LogP) is 3.75. The maximum atomic E-state index is 13.0. The van der Waals surface area contributed by atoms with Gasteiger partial charge in [-0.05, 0) is 38.5 Å². The summed E-state index contributed by atoms with van der Waals surface area (Å²) in [6.45, 7) is 5.87. The Morgan fingerprint density at radius 3 is 2.67 bits per heavy atom. The van der Waals surface area contributed by atoms with E-state index in [4.69, 9.17) is 9.47 Å². The molecule has 8 nitrogen and oxygen atoms in total. The second kappa shape index (κ2) is 9.25. The highest BCUT2D eigenvalue weighted by Gasteiger charge is 2.18. The second-order valence-corrected chi connectivity index (χ2v) is 7.89. The lowest BCUT2D eigenvalue weighted by Crippen LogP contribution is -2.26. The number of nitrogens with zero attached hydrogens (tertiary/aromatic N) is 2. The third-order valence-corrected chi connectivity index (χ3v) is 5.77. The Kier molecular flexibility index (Phi) is 6.71. The van der Waals surface area contributed by atoms with Gasteiger partial charge in [-0.3, -0.25) is 14.2 Å². The van der Waals surface area contributed by atoms with E-state index in [-0.39, 0.29) is 23.3 Å². The number of methoxy groups -OCH3 is 2. The fourth-order valence-electron chi connectivity index (χ4n) is 3.10. The molecule has 0 aliphatic rings. The summed E-state index contributed by atoms with van der Waals surface area (Å²) in [6, 6.07) is 6.97. The van der Waals surface area contributed by atoms with E-state index >= 15 is 0 Å². The molecule has 0 saturated heterocycles. The summed E-state index contributed by atoms with van der Waals surface area (Å²) in [6.07, 6.45) is 0.776. The predicted molar refractivity (Wildman–Crippen MR) is 119 cm³/mol. The number of benzene rings is 1. The van der Waals surface area contributed by atoms with Crippen LogP contribution >= 0.6 is 11.8 Å². The Morgan fingerprint density at radius 2 is 2.00 bits per heavy atom. The van der Waals surface area contributed by atoms with Gasteiger partial charge in [0.1, 0.15) is 5.52 Å². The minimum atomic E-state index is -0.206. The molecule has 1 unspecified atom stereocenters. The van der Waals surface area contributed by atoms with Crippen LogP contribution in [0.2, 0.25) is 0 Å². The van der Waals surface area contributed by atoms with E-state index in [2.05, 4.69) is 15.3 Å². The Labute approximate surface area is 179 Å². The molecule has 0 radical (unpaired) electrons. The van der Waals surface area contributed by atoms with Crippen LogP contribution in [0.3, 0.4) is 0 Å². The van der Waals surface area contributed by atoms with Crippen molar-refractivity contribution < 1.29 is 14.3 Å². The molecule has 160 valence electrons. The highest BCUT2D eigenvalue weighted by atomic mass is 32.2. The quantitative estimate of drug-likeness (QED) is 0.417. The number of rotatable bonds is 8. The lowest BCUT2D eigenvalue weighted by atomic mass is 10.2. The number of hydrogen-bond acceptors (Lipinski definition) is 6. The molecule has 0 saturated carbocycles. The van der Waals surface area contributed by atoms with E-state index in [9.17, 15) is 9.59 Å². The van der Waals surface area contributed by atoms with Gasteiger partial charge in [-0.2, -0.15) is 0 Å². The van der Waals surface area contributed by atoms with Gasteiger partial charge in [-0.1, -0.05) is 18.7 Å². The molecule has 30 heavy (non-hydrogen) atoms. The molecule has 3 aromatic rings. The van der Waals surface area contributed by atoms with Crippen molar-refractivity contribution in [2.75, 3.05) is 25.3 Å². The first kappa shape index (κ1) is 21.8. The molecule has 0 aliphatic carbocycles. The maximum absolute atomic E-state index is 13.0. The molecule has 2 N–H and O–H groups in total. The van der Waals surface area contributed by atoms with Gasteiger partial charge in [0.2, 0.25) is 5.91 Å². The summed E-state index contributed by atoms with van der Waals surface area (Å²) in [5.41, 5.74) is 2.46. The summed E-state index contributed by atoms with van der Waals surface area (Å²) in [5, 5.41) is 3.37. The number of aromatic amines is 1. The van der Waals surface area contributed by atoms with Crippen LogP contribution in [0.1, 0.15) is 32.0 Å². The number of thioether (sulfide) groups is 1. The summed E-state index contributed by atoms with van der Waals surface area (Å²) in [5.74, 6) is 1.03. The molecule has 3 rings (SSSR count). The number of H-pyrrole nitrogens is 1. The van der Waals surface area contributed by atoms with E-state index < -0.39 is 0 Å². The number of carbonyl (C=O) groups is 1. The molecule has 1 aromatic carbocycles. The first-order chi connectivity index (χ1) is 14.4. The number of hydrogen-bond donors (Lipinski definition) is 2. The Hall–Kier alpha value is -2.94. The van der Waals surface area contributed by atoms with Crippen molar-refractivity contribution >= 4 is 34.4 Å². The lowest BCUT2D eigenvalue weighted by Gasteiger charge is -2.17. The summed E-state index contributed by atoms with van der Waals surface area (Å²) < 4.78 is 12.1. The average molecular weight is 431 g/mol. The van der Waals surface area contributed by atoms with Gasteiger partial charge >= 0.3 is 0 Å². The highest BCUT2D eigenvalue weighted by Crippen LogP contribution is 2.30. The van der Waals surface area contributed by atoms with Crippen LogP contribution in [0.15, 0.2) is 34.2 Å². The van der Waals surface area contributed by atoms with Gasteiger partial charge < -0.3 is 19.8 Å². The molecule has 0 aliphatic heterocycles. The topological polar surface area (TPSA) is 98.2 Å². The molecule has 0 bridgehead atoms. The molecule has 0 fully saturated rings. The fraction of sp³-hybridized carbons (Fsp3) is 0.381. The van der Waals surface area contributed by atoms with E-state index in [1.54, 1.807) is 29.9 Å². The largest absolute Gasteiger partial charge is 0.493 e. The van der Waals surface area contributed by atoms with Crippen LogP contribution < -0.4 is 20.3 Å². The van der Waals surface area contributed by atoms with Crippen LogP contribution in [-0.4, -0.2) is 40.4 Å². The molecular formula is C21H26N4O4S. The number of ether oxygens (including phenoxy) is 2. The molecule has 1 atom stereocenters. The molecule has 1 amide bonds. The van der Waals surface area contributed by atoms with Crippen molar-refractivity contribution in [1.82, 2.24) is 14.5 Å². The van der Waals surface area contributed by atoms with Gasteiger partial charge in [0, 0.05) is 23.5 Å². The lowest BCUT2D eigenvalue weighted by molar-refractivity contribution is -0.113. The Bertz CT molecular complexity index is 1120. The minimum absolute atomic E-state index is 0.0329. The van der Waals surface area contributed by atoms with Gasteiger partial charge in [0.15, 0.2) is 16.7 Å². The molecule has 0 spiro atoms. The molecule has 2 heterocycles. The van der Waals surface area contributed by atoms with Crippen LogP contribution in [0.4, 0.5) is 5.69 Å². The van der Waals surface area contributed by atoms with E-state index in [0.29, 0.717) is 33.4 Å². The zero-order valence-electron chi connectivity index (χ0n) is 17.7. The summed E-state index contributed by atoms with van der Waals surface area (Å²) in [7, 11) is 3.09. The first-order valence-corrected chi connectivity index (χ1v) is 10.6. The number of aromatic nitrogens is 3. The summed E-state index contributed by atoms with van der Waals surface area (Å²) in [4.78, 5) is 33.2. The minimum Gasteiger partial charge on any atom is -0.493 e. The Morgan fingerprint density at radius 1 is 1.27 bits per heavy atom. The zero-order chi connectivity index (χ0) is 21.8. The number of fused-ring (bicyclic) bond motifs is 1. The molecular weight excluding hydrogens is 404 g/mol. The van der Waals surface area contributed by atoms with Crippen molar-refractivity contribution in [3.05, 3.63) is 40.3 Å². The number of amides is 1. The van der Waals surface area contributed by atoms with Crippen molar-refractivity contribution in [2.45, 2.75) is 38.4 Å². The fourth-order valence-corrected chi connectivity index (χ4v) is 4.00. The SMILES string of the molecule is CCC(C)n1c(SCC(=O)Nc2ccc(OC)c(OC)c2)nc2cc(C)[nH]c2c1=O. The molecule has 9 heteroatoms. The van der Waals surface area contributed by atoms with Gasteiger partial charge in [-0.25, -0.2) is 4.98 Å². The van der Waals surface area contributed by atoms with Crippen LogP contribution in [0.5, 0.6) is 11.5 Å². The summed E-state index contributed by atoms with van der Waals surface area (Å²) >= 11 is 1.24. The van der Waals surface area contributed by atoms with E-state index in [0.717, 1.165) is 12.1 Å². The van der Waals surface area contributed by atoms with E-state index in [1.165, 1.54) is 18.9 Å². The number of aryl methyl sites for hydroxylation is 1. The van der Waals surface area contributed by atoms with Crippen molar-refractivity contribution in [2.24, 2.45) is 0 Å². The van der Waals surface area contributed by atoms with E-state index in [1.807, 2.05) is 26.8 Å².